The maximum absolute atomic E-state index is 11.1. The van der Waals surface area contributed by atoms with Crippen molar-refractivity contribution in [2.45, 2.75) is 43.6 Å². The van der Waals surface area contributed by atoms with Gasteiger partial charge in [-0.2, -0.15) is 0 Å². The number of carboxylic acid groups (broad SMARTS) is 2. The molecule has 0 aromatic heterocycles. The summed E-state index contributed by atoms with van der Waals surface area (Å²) >= 11 is 0. The summed E-state index contributed by atoms with van der Waals surface area (Å²) < 4.78 is 5.23. The Kier molecular flexibility index (Phi) is 26.3. The van der Waals surface area contributed by atoms with Gasteiger partial charge in [-0.15, -0.1) is 24.8 Å². The van der Waals surface area contributed by atoms with Crippen LogP contribution in [-0.2, 0) is 0 Å². The number of nitrogens with zero attached hydrogens (tertiary/aromatic N) is 1. The van der Waals surface area contributed by atoms with Crippen LogP contribution in [0.3, 0.4) is 0 Å². The quantitative estimate of drug-likeness (QED) is 0.420. The fourth-order valence-electron chi connectivity index (χ4n) is 3.30. The first kappa shape index (κ1) is 37.4. The molecule has 28 heavy (non-hydrogen) atoms. The summed E-state index contributed by atoms with van der Waals surface area (Å²) in [6.07, 6.45) is 3.02. The first-order valence-corrected chi connectivity index (χ1v) is 8.17. The summed E-state index contributed by atoms with van der Waals surface area (Å²) in [7, 11) is 5.83. The Bertz CT molecular complexity index is 511. The van der Waals surface area contributed by atoms with Crippen molar-refractivity contribution in [3.8, 4) is 5.75 Å². The van der Waals surface area contributed by atoms with Crippen LogP contribution in [-0.4, -0.2) is 49.5 Å². The van der Waals surface area contributed by atoms with Crippen molar-refractivity contribution in [1.29, 1.82) is 0 Å². The summed E-state index contributed by atoms with van der Waals surface area (Å²) in [6, 6.07) is 8.17. The molecule has 0 bridgehead atoms. The molecule has 0 aliphatic heterocycles. The Balaban J connectivity index is -0.000000330. The van der Waals surface area contributed by atoms with Crippen molar-refractivity contribution >= 4 is 31.0 Å². The van der Waals surface area contributed by atoms with E-state index in [0.717, 1.165) is 38.0 Å². The van der Waals surface area contributed by atoms with Crippen molar-refractivity contribution in [2.24, 2.45) is 0 Å². The number of rotatable bonds is 5. The van der Waals surface area contributed by atoms with E-state index in [1.165, 1.54) is 12.0 Å². The molecule has 0 amide bonds. The van der Waals surface area contributed by atoms with Crippen molar-refractivity contribution in [2.75, 3.05) is 27.7 Å². The number of benzene rings is 1. The molecule has 1 unspecified atom stereocenters. The molecule has 0 spiro atoms. The molecule has 6 nitrogen and oxygen atoms in total. The predicted molar refractivity (Wildman–Crippen MR) is 102 cm³/mol. The number of methoxy groups -OCH3 is 1. The monoisotopic (exact) mass is 487 g/mol. The van der Waals surface area contributed by atoms with Gasteiger partial charge < -0.3 is 29.8 Å². The van der Waals surface area contributed by atoms with E-state index in [2.05, 4.69) is 31.1 Å². The molecule has 1 aromatic rings. The average molecular weight is 489 g/mol. The minimum Gasteiger partial charge on any atom is -0.652 e. The van der Waals surface area contributed by atoms with E-state index in [9.17, 15) is 5.11 Å². The van der Waals surface area contributed by atoms with Crippen LogP contribution >= 0.6 is 24.8 Å². The maximum atomic E-state index is 11.1. The molecule has 10 heteroatoms. The molecule has 1 aromatic carbocycles. The standard InChI is InChI=1S/C17H27NO2.CH2O3.2ClH.2K/c1-18(2)13-16(17(19)11-5-4-6-12-17)14-7-9-15(20-3)10-8-14;2-1(3)4;;;;/h7-10,16,19H,4-6,11-13H2,1-3H3;(H2,2,3,4);2*1H;;/q;;;;2*+1/p-2. The van der Waals surface area contributed by atoms with E-state index >= 15 is 0 Å². The largest absolute Gasteiger partial charge is 1.00 e. The van der Waals surface area contributed by atoms with Gasteiger partial charge in [-0.1, -0.05) is 31.4 Å². The summed E-state index contributed by atoms with van der Waals surface area (Å²) in [5.74, 6) is 1.04. The summed E-state index contributed by atoms with van der Waals surface area (Å²) in [5.41, 5.74) is 0.654. The first-order valence-electron chi connectivity index (χ1n) is 8.17. The molecule has 0 radical (unpaired) electrons. The van der Waals surface area contributed by atoms with Gasteiger partial charge in [0.2, 0.25) is 0 Å². The fraction of sp³-hybridized carbons (Fsp3) is 0.611. The van der Waals surface area contributed by atoms with Gasteiger partial charge in [-0.25, -0.2) is 0 Å². The summed E-state index contributed by atoms with van der Waals surface area (Å²) in [6.45, 7) is 0.878. The predicted octanol–water partition coefficient (Wildman–Crippen LogP) is -4.56. The van der Waals surface area contributed by atoms with Gasteiger partial charge in [0, 0.05) is 12.5 Å². The second-order valence-corrected chi connectivity index (χ2v) is 6.50. The molecule has 0 saturated heterocycles. The van der Waals surface area contributed by atoms with Crippen LogP contribution in [0.4, 0.5) is 4.79 Å². The van der Waals surface area contributed by atoms with Gasteiger partial charge >= 0.3 is 103 Å². The van der Waals surface area contributed by atoms with Crippen molar-refractivity contribution in [1.82, 2.24) is 4.90 Å². The summed E-state index contributed by atoms with van der Waals surface area (Å²) in [5, 5.41) is 27.8. The second-order valence-electron chi connectivity index (χ2n) is 6.50. The van der Waals surface area contributed by atoms with Gasteiger partial charge in [0.25, 0.3) is 0 Å². The van der Waals surface area contributed by atoms with Crippen LogP contribution in [0.2, 0.25) is 0 Å². The first-order chi connectivity index (χ1) is 11.3. The number of ether oxygens (including phenoxy) is 1. The second kappa shape index (κ2) is 19.7. The van der Waals surface area contributed by atoms with Gasteiger partial charge in [0.15, 0.2) is 0 Å². The third-order valence-electron chi connectivity index (χ3n) is 4.43. The number of carbonyl (C=O) groups is 1. The number of hydrogen-bond donors (Lipinski definition) is 1. The summed E-state index contributed by atoms with van der Waals surface area (Å²) in [4.78, 5) is 10.5. The molecule has 1 fully saturated rings. The third-order valence-corrected chi connectivity index (χ3v) is 4.43. The minimum atomic E-state index is -2.33. The Labute approximate surface area is 265 Å². The van der Waals surface area contributed by atoms with Crippen LogP contribution in [0, 0.1) is 0 Å². The minimum absolute atomic E-state index is 0. The fourth-order valence-corrected chi connectivity index (χ4v) is 3.30. The molecular weight excluding hydrogens is 459 g/mol. The van der Waals surface area contributed by atoms with Crippen LogP contribution in [0.15, 0.2) is 24.3 Å². The number of halogens is 2. The number of carbonyl (C=O) groups excluding carboxylic acids is 1. The van der Waals surface area contributed by atoms with E-state index in [0.29, 0.717) is 0 Å². The normalized spacial score (nSPS) is 15.0. The van der Waals surface area contributed by atoms with E-state index in [-0.39, 0.29) is 134 Å². The number of hydrogen-bond acceptors (Lipinski definition) is 6. The molecule has 1 atom stereocenters. The number of likely N-dealkylation sites (N-methyl/N-ethyl adjacent to an activating group) is 1. The van der Waals surface area contributed by atoms with Gasteiger partial charge in [-0.3, -0.25) is 0 Å². The molecular formula is C18H29Cl2K2NO5. The Hall–Kier alpha value is 2.06. The molecule has 1 aliphatic rings. The molecule has 1 N–H and O–H groups in total. The topological polar surface area (TPSA) is 95.9 Å². The van der Waals surface area contributed by atoms with Gasteiger partial charge in [-0.05, 0) is 50.8 Å². The average Bonchev–Trinajstić information content (AvgIpc) is 2.53. The van der Waals surface area contributed by atoms with E-state index in [1.807, 2.05) is 12.1 Å². The SMILES string of the molecule is COc1ccc(C(CN(C)C)C2(O)CCCCC2)cc1.Cl.Cl.O=C([O-])[O-].[K+].[K+]. The van der Waals surface area contributed by atoms with Crippen LogP contribution in [0.1, 0.15) is 43.6 Å². The molecule has 2 rings (SSSR count). The number of aliphatic hydroxyl groups is 1. The maximum Gasteiger partial charge on any atom is 1.00 e. The molecule has 152 valence electrons. The molecule has 1 aliphatic carbocycles. The van der Waals surface area contributed by atoms with Crippen LogP contribution < -0.4 is 118 Å². The zero-order valence-electron chi connectivity index (χ0n) is 17.5. The zero-order valence-corrected chi connectivity index (χ0v) is 25.4. The Morgan fingerprint density at radius 1 is 1.11 bits per heavy atom. The van der Waals surface area contributed by atoms with E-state index in [4.69, 9.17) is 19.7 Å². The third kappa shape index (κ3) is 14.2. The van der Waals surface area contributed by atoms with Gasteiger partial charge in [0.1, 0.15) is 5.75 Å². The van der Waals surface area contributed by atoms with Crippen molar-refractivity contribution in [3.63, 3.8) is 0 Å². The van der Waals surface area contributed by atoms with E-state index in [1.54, 1.807) is 7.11 Å². The van der Waals surface area contributed by atoms with Crippen molar-refractivity contribution < 1.29 is 128 Å². The van der Waals surface area contributed by atoms with Crippen LogP contribution in [0.25, 0.3) is 0 Å². The Morgan fingerprint density at radius 2 is 1.54 bits per heavy atom. The Morgan fingerprint density at radius 3 is 1.89 bits per heavy atom. The van der Waals surface area contributed by atoms with Crippen LogP contribution in [0.5, 0.6) is 5.75 Å². The smallest absolute Gasteiger partial charge is 0.652 e. The van der Waals surface area contributed by atoms with Gasteiger partial charge in [0.05, 0.1) is 12.7 Å². The van der Waals surface area contributed by atoms with E-state index < -0.39 is 11.8 Å². The molecule has 0 heterocycles. The molecule has 1 saturated carbocycles. The zero-order chi connectivity index (χ0) is 18.2. The van der Waals surface area contributed by atoms with Crippen molar-refractivity contribution in [3.05, 3.63) is 29.8 Å².